The SMILES string of the molecule is CC/C=C\C/C=C\C/C=C\C/C=C\C/C=C\CCCCCCCCCCCCCCCCCCCCCC(=O)OC(CO)COC(=O)CCCCCCC/C=C\CCCCCCC. The number of unbranched alkanes of at least 4 members (excludes halogenated alkanes) is 29. The largest absolute Gasteiger partial charge is 0.462 e. The average Bonchev–Trinajstić information content (AvgIpc) is 3.29. The Morgan fingerprint density at radius 1 is 0.381 bits per heavy atom. The molecule has 0 aliphatic heterocycles. The van der Waals surface area contributed by atoms with E-state index in [0.29, 0.717) is 12.8 Å². The second-order valence-corrected chi connectivity index (χ2v) is 17.9. The predicted octanol–water partition coefficient (Wildman–Crippen LogP) is 18.0. The third kappa shape index (κ3) is 51.9. The lowest BCUT2D eigenvalue weighted by atomic mass is 10.0. The van der Waals surface area contributed by atoms with E-state index in [9.17, 15) is 14.7 Å². The van der Waals surface area contributed by atoms with Crippen LogP contribution in [0, 0.1) is 0 Å². The van der Waals surface area contributed by atoms with E-state index in [0.717, 1.165) is 77.0 Å². The molecule has 0 saturated carbocycles. The molecule has 0 saturated heterocycles. The fraction of sp³-hybridized carbons (Fsp3) is 0.759. The maximum Gasteiger partial charge on any atom is 0.306 e. The van der Waals surface area contributed by atoms with Crippen molar-refractivity contribution in [2.75, 3.05) is 13.2 Å². The Labute approximate surface area is 391 Å². The Morgan fingerprint density at radius 3 is 1.05 bits per heavy atom. The minimum Gasteiger partial charge on any atom is -0.462 e. The van der Waals surface area contributed by atoms with Crippen LogP contribution in [0.1, 0.15) is 264 Å². The minimum absolute atomic E-state index is 0.0688. The first-order valence-corrected chi connectivity index (χ1v) is 27.0. The molecule has 0 bridgehead atoms. The van der Waals surface area contributed by atoms with E-state index in [1.807, 2.05) is 0 Å². The molecule has 63 heavy (non-hydrogen) atoms. The van der Waals surface area contributed by atoms with Crippen LogP contribution in [-0.4, -0.2) is 36.4 Å². The van der Waals surface area contributed by atoms with Crippen LogP contribution < -0.4 is 0 Å². The maximum atomic E-state index is 12.3. The molecule has 0 aliphatic rings. The standard InChI is InChI=1S/C58H102O5/c1-3-5-7-9-11-13-15-17-19-20-21-22-23-24-25-26-27-28-29-30-31-32-33-34-35-36-37-38-39-41-43-45-47-49-51-53-58(61)63-56(54-59)55-62-57(60)52-50-48-46-44-42-40-18-16-14-12-10-8-6-4-2/h5,7,11,13,16-19,21-22,24-25,56,59H,3-4,6,8-10,12,14-15,20,23,26-55H2,1-2H3/b7-5-,13-11-,18-16-,19-17-,22-21-,25-24-. The molecule has 0 aromatic rings. The summed E-state index contributed by atoms with van der Waals surface area (Å²) in [7, 11) is 0. The Balaban J connectivity index is 3.44. The van der Waals surface area contributed by atoms with Gasteiger partial charge in [-0.05, 0) is 83.5 Å². The van der Waals surface area contributed by atoms with Crippen LogP contribution >= 0.6 is 0 Å². The van der Waals surface area contributed by atoms with E-state index < -0.39 is 6.10 Å². The minimum atomic E-state index is -0.775. The van der Waals surface area contributed by atoms with Gasteiger partial charge in [-0.1, -0.05) is 241 Å². The summed E-state index contributed by atoms with van der Waals surface area (Å²) < 4.78 is 10.7. The van der Waals surface area contributed by atoms with Crippen LogP contribution in [0.25, 0.3) is 0 Å². The van der Waals surface area contributed by atoms with Gasteiger partial charge in [-0.15, -0.1) is 0 Å². The summed E-state index contributed by atoms with van der Waals surface area (Å²) in [5.74, 6) is -0.593. The molecular weight excluding hydrogens is 777 g/mol. The van der Waals surface area contributed by atoms with Gasteiger partial charge in [-0.2, -0.15) is 0 Å². The van der Waals surface area contributed by atoms with Crippen LogP contribution in [0.15, 0.2) is 72.9 Å². The topological polar surface area (TPSA) is 72.8 Å². The summed E-state index contributed by atoms with van der Waals surface area (Å²) in [6, 6.07) is 0. The maximum absolute atomic E-state index is 12.3. The summed E-state index contributed by atoms with van der Waals surface area (Å²) >= 11 is 0. The molecule has 364 valence electrons. The number of aliphatic hydroxyl groups excluding tert-OH is 1. The Kier molecular flexibility index (Phi) is 51.4. The summed E-state index contributed by atoms with van der Waals surface area (Å²) in [6.45, 7) is 4.02. The molecule has 5 heteroatoms. The molecule has 5 nitrogen and oxygen atoms in total. The molecule has 0 aromatic heterocycles. The van der Waals surface area contributed by atoms with Crippen LogP contribution in [0.3, 0.4) is 0 Å². The molecule has 1 N–H and O–H groups in total. The zero-order valence-electron chi connectivity index (χ0n) is 41.6. The number of carbonyl (C=O) groups excluding carboxylic acids is 2. The van der Waals surface area contributed by atoms with Gasteiger partial charge in [-0.3, -0.25) is 9.59 Å². The molecule has 1 unspecified atom stereocenters. The summed E-state index contributed by atoms with van der Waals surface area (Å²) in [5, 5.41) is 9.62. The molecule has 1 atom stereocenters. The highest BCUT2D eigenvalue weighted by Gasteiger charge is 2.16. The van der Waals surface area contributed by atoms with Crippen molar-refractivity contribution in [3.05, 3.63) is 72.9 Å². The number of rotatable bonds is 49. The van der Waals surface area contributed by atoms with Gasteiger partial charge in [0.05, 0.1) is 6.61 Å². The van der Waals surface area contributed by atoms with Crippen LogP contribution in [0.5, 0.6) is 0 Å². The van der Waals surface area contributed by atoms with Gasteiger partial charge in [0.1, 0.15) is 6.61 Å². The number of hydrogen-bond donors (Lipinski definition) is 1. The van der Waals surface area contributed by atoms with Gasteiger partial charge < -0.3 is 14.6 Å². The van der Waals surface area contributed by atoms with E-state index in [1.54, 1.807) is 0 Å². The van der Waals surface area contributed by atoms with Gasteiger partial charge in [-0.25, -0.2) is 0 Å². The van der Waals surface area contributed by atoms with E-state index in [4.69, 9.17) is 9.47 Å². The van der Waals surface area contributed by atoms with Crippen molar-refractivity contribution in [1.29, 1.82) is 0 Å². The molecule has 0 fully saturated rings. The van der Waals surface area contributed by atoms with E-state index >= 15 is 0 Å². The monoisotopic (exact) mass is 879 g/mol. The van der Waals surface area contributed by atoms with E-state index in [2.05, 4.69) is 86.8 Å². The van der Waals surface area contributed by atoms with Gasteiger partial charge in [0.25, 0.3) is 0 Å². The van der Waals surface area contributed by atoms with Crippen LogP contribution in [0.2, 0.25) is 0 Å². The van der Waals surface area contributed by atoms with Gasteiger partial charge in [0, 0.05) is 12.8 Å². The lowest BCUT2D eigenvalue weighted by molar-refractivity contribution is -0.161. The third-order valence-electron chi connectivity index (χ3n) is 11.7. The first-order valence-electron chi connectivity index (χ1n) is 27.0. The Morgan fingerprint density at radius 2 is 0.683 bits per heavy atom. The van der Waals surface area contributed by atoms with Crippen LogP contribution in [0.4, 0.5) is 0 Å². The van der Waals surface area contributed by atoms with Crippen molar-refractivity contribution in [3.8, 4) is 0 Å². The quantitative estimate of drug-likeness (QED) is 0.0374. The predicted molar refractivity (Wildman–Crippen MR) is 274 cm³/mol. The molecule has 0 spiro atoms. The van der Waals surface area contributed by atoms with Crippen molar-refractivity contribution < 1.29 is 24.2 Å². The number of carbonyl (C=O) groups is 2. The molecular formula is C58H102O5. The van der Waals surface area contributed by atoms with Crippen molar-refractivity contribution >= 4 is 11.9 Å². The highest BCUT2D eigenvalue weighted by Crippen LogP contribution is 2.16. The van der Waals surface area contributed by atoms with Crippen molar-refractivity contribution in [2.45, 2.75) is 270 Å². The third-order valence-corrected chi connectivity index (χ3v) is 11.7. The van der Waals surface area contributed by atoms with E-state index in [-0.39, 0.29) is 25.2 Å². The summed E-state index contributed by atoms with van der Waals surface area (Å²) in [5.41, 5.74) is 0. The smallest absolute Gasteiger partial charge is 0.306 e. The van der Waals surface area contributed by atoms with Crippen molar-refractivity contribution in [2.24, 2.45) is 0 Å². The van der Waals surface area contributed by atoms with Crippen molar-refractivity contribution in [3.63, 3.8) is 0 Å². The average molecular weight is 879 g/mol. The molecule has 0 aliphatic carbocycles. The van der Waals surface area contributed by atoms with E-state index in [1.165, 1.54) is 161 Å². The summed E-state index contributed by atoms with van der Waals surface area (Å²) in [6.07, 6.45) is 73.0. The highest BCUT2D eigenvalue weighted by atomic mass is 16.6. The normalized spacial score (nSPS) is 12.7. The number of allylic oxidation sites excluding steroid dienone is 12. The second kappa shape index (κ2) is 53.7. The Hall–Kier alpha value is -2.66. The van der Waals surface area contributed by atoms with Gasteiger partial charge >= 0.3 is 11.9 Å². The number of aliphatic hydroxyl groups is 1. The van der Waals surface area contributed by atoms with Gasteiger partial charge in [0.2, 0.25) is 0 Å². The number of ether oxygens (including phenoxy) is 2. The molecule has 0 radical (unpaired) electrons. The molecule has 0 rings (SSSR count). The number of esters is 2. The Bertz CT molecular complexity index is 1130. The molecule has 0 aromatic carbocycles. The lowest BCUT2D eigenvalue weighted by Crippen LogP contribution is -2.28. The summed E-state index contributed by atoms with van der Waals surface area (Å²) in [4.78, 5) is 24.4. The zero-order chi connectivity index (χ0) is 45.6. The highest BCUT2D eigenvalue weighted by molar-refractivity contribution is 5.70. The fourth-order valence-corrected chi connectivity index (χ4v) is 7.70. The zero-order valence-corrected chi connectivity index (χ0v) is 41.6. The first kappa shape index (κ1) is 60.3. The van der Waals surface area contributed by atoms with Crippen molar-refractivity contribution in [1.82, 2.24) is 0 Å². The number of hydrogen-bond acceptors (Lipinski definition) is 5. The van der Waals surface area contributed by atoms with Gasteiger partial charge in [0.15, 0.2) is 6.10 Å². The molecule has 0 heterocycles. The second-order valence-electron chi connectivity index (χ2n) is 17.9. The van der Waals surface area contributed by atoms with Crippen LogP contribution in [-0.2, 0) is 19.1 Å². The fourth-order valence-electron chi connectivity index (χ4n) is 7.70. The lowest BCUT2D eigenvalue weighted by Gasteiger charge is -2.15. The molecule has 0 amide bonds. The first-order chi connectivity index (χ1) is 31.1.